The van der Waals surface area contributed by atoms with E-state index in [0.29, 0.717) is 12.1 Å². The zero-order valence-electron chi connectivity index (χ0n) is 12.0. The highest BCUT2D eigenvalue weighted by molar-refractivity contribution is 4.83. The van der Waals surface area contributed by atoms with E-state index in [1.807, 2.05) is 0 Å². The molecule has 0 spiro atoms. The maximum Gasteiger partial charge on any atom is 0.0855 e. The van der Waals surface area contributed by atoms with Crippen molar-refractivity contribution in [1.82, 2.24) is 10.2 Å². The van der Waals surface area contributed by atoms with Crippen molar-refractivity contribution in [3.63, 3.8) is 0 Å². The van der Waals surface area contributed by atoms with E-state index in [0.717, 1.165) is 32.2 Å². The van der Waals surface area contributed by atoms with Crippen LogP contribution in [0.4, 0.5) is 0 Å². The van der Waals surface area contributed by atoms with Crippen LogP contribution in [-0.4, -0.2) is 50.3 Å². The molecule has 1 aliphatic rings. The van der Waals surface area contributed by atoms with Crippen molar-refractivity contribution in [2.45, 2.75) is 52.2 Å². The molecule has 0 aromatic carbocycles. The van der Waals surface area contributed by atoms with Crippen LogP contribution < -0.4 is 5.32 Å². The molecular weight excluding hydrogens is 212 g/mol. The molecule has 1 heterocycles. The van der Waals surface area contributed by atoms with Gasteiger partial charge in [-0.05, 0) is 25.9 Å². The van der Waals surface area contributed by atoms with E-state index in [4.69, 9.17) is 4.74 Å². The summed E-state index contributed by atoms with van der Waals surface area (Å²) in [5.74, 6) is 0.827. The molecule has 3 nitrogen and oxygen atoms in total. The zero-order valence-corrected chi connectivity index (χ0v) is 12.0. The Labute approximate surface area is 107 Å². The monoisotopic (exact) mass is 242 g/mol. The third-order valence-electron chi connectivity index (χ3n) is 4.19. The molecule has 0 saturated carbocycles. The first kappa shape index (κ1) is 14.9. The van der Waals surface area contributed by atoms with Crippen molar-refractivity contribution in [2.75, 3.05) is 33.3 Å². The topological polar surface area (TPSA) is 24.5 Å². The first-order chi connectivity index (χ1) is 8.24. The number of morpholine rings is 1. The second-order valence-electron chi connectivity index (χ2n) is 5.12. The highest BCUT2D eigenvalue weighted by Gasteiger charge is 2.27. The molecule has 1 rings (SSSR count). The summed E-state index contributed by atoms with van der Waals surface area (Å²) in [5.41, 5.74) is 0. The van der Waals surface area contributed by atoms with Gasteiger partial charge in [-0.25, -0.2) is 0 Å². The van der Waals surface area contributed by atoms with Crippen LogP contribution in [0.2, 0.25) is 0 Å². The Morgan fingerprint density at radius 3 is 2.53 bits per heavy atom. The molecule has 2 atom stereocenters. The summed E-state index contributed by atoms with van der Waals surface area (Å²) in [4.78, 5) is 2.49. The largest absolute Gasteiger partial charge is 0.374 e. The fourth-order valence-corrected chi connectivity index (χ4v) is 2.70. The van der Waals surface area contributed by atoms with Gasteiger partial charge in [0.25, 0.3) is 0 Å². The van der Waals surface area contributed by atoms with E-state index < -0.39 is 0 Å². The third-order valence-corrected chi connectivity index (χ3v) is 4.19. The molecule has 0 aromatic heterocycles. The predicted octanol–water partition coefficient (Wildman–Crippen LogP) is 2.12. The Morgan fingerprint density at radius 1 is 1.29 bits per heavy atom. The summed E-state index contributed by atoms with van der Waals surface area (Å²) in [6, 6.07) is 0.509. The van der Waals surface area contributed by atoms with E-state index in [1.165, 1.54) is 19.3 Å². The SMILES string of the molecule is CCC(CC)CC(NC)C1CN(CC)CCO1. The minimum Gasteiger partial charge on any atom is -0.374 e. The molecule has 102 valence electrons. The van der Waals surface area contributed by atoms with Crippen LogP contribution in [0.3, 0.4) is 0 Å². The van der Waals surface area contributed by atoms with Crippen molar-refractivity contribution in [2.24, 2.45) is 5.92 Å². The molecule has 2 unspecified atom stereocenters. The lowest BCUT2D eigenvalue weighted by atomic mass is 9.91. The van der Waals surface area contributed by atoms with Crippen molar-refractivity contribution in [3.05, 3.63) is 0 Å². The van der Waals surface area contributed by atoms with Gasteiger partial charge in [0.05, 0.1) is 12.7 Å². The van der Waals surface area contributed by atoms with E-state index >= 15 is 0 Å². The van der Waals surface area contributed by atoms with E-state index in [-0.39, 0.29) is 0 Å². The lowest BCUT2D eigenvalue weighted by molar-refractivity contribution is -0.0475. The van der Waals surface area contributed by atoms with E-state index in [2.05, 4.69) is 38.0 Å². The molecule has 1 saturated heterocycles. The van der Waals surface area contributed by atoms with Gasteiger partial charge in [0.1, 0.15) is 0 Å². The van der Waals surface area contributed by atoms with Gasteiger partial charge in [-0.2, -0.15) is 0 Å². The summed E-state index contributed by atoms with van der Waals surface area (Å²) >= 11 is 0. The summed E-state index contributed by atoms with van der Waals surface area (Å²) in [5, 5.41) is 3.46. The van der Waals surface area contributed by atoms with Gasteiger partial charge < -0.3 is 10.1 Å². The molecule has 0 radical (unpaired) electrons. The Hall–Kier alpha value is -0.120. The summed E-state index contributed by atoms with van der Waals surface area (Å²) < 4.78 is 5.95. The maximum absolute atomic E-state index is 5.95. The third kappa shape index (κ3) is 4.57. The number of nitrogens with one attached hydrogen (secondary N) is 1. The molecule has 0 bridgehead atoms. The number of hydrogen-bond donors (Lipinski definition) is 1. The molecule has 0 amide bonds. The lowest BCUT2D eigenvalue weighted by Gasteiger charge is -2.37. The fourth-order valence-electron chi connectivity index (χ4n) is 2.70. The van der Waals surface area contributed by atoms with Gasteiger partial charge in [0.15, 0.2) is 0 Å². The zero-order chi connectivity index (χ0) is 12.7. The summed E-state index contributed by atoms with van der Waals surface area (Å²) in [7, 11) is 2.07. The van der Waals surface area contributed by atoms with E-state index in [9.17, 15) is 0 Å². The van der Waals surface area contributed by atoms with Crippen molar-refractivity contribution >= 4 is 0 Å². The van der Waals surface area contributed by atoms with Gasteiger partial charge in [0.2, 0.25) is 0 Å². The fraction of sp³-hybridized carbons (Fsp3) is 1.00. The van der Waals surface area contributed by atoms with Crippen LogP contribution in [0.15, 0.2) is 0 Å². The Kier molecular flexibility index (Phi) is 7.09. The number of likely N-dealkylation sites (N-methyl/N-ethyl adjacent to an activating group) is 2. The van der Waals surface area contributed by atoms with Crippen LogP contribution in [-0.2, 0) is 4.74 Å². The second kappa shape index (κ2) is 8.06. The number of nitrogens with zero attached hydrogens (tertiary/aromatic N) is 1. The van der Waals surface area contributed by atoms with Crippen LogP contribution in [0.25, 0.3) is 0 Å². The maximum atomic E-state index is 5.95. The smallest absolute Gasteiger partial charge is 0.0855 e. The average molecular weight is 242 g/mol. The molecule has 0 aliphatic carbocycles. The van der Waals surface area contributed by atoms with Crippen LogP contribution >= 0.6 is 0 Å². The molecule has 0 aromatic rings. The minimum atomic E-state index is 0.370. The van der Waals surface area contributed by atoms with Gasteiger partial charge in [0, 0.05) is 19.1 Å². The van der Waals surface area contributed by atoms with Crippen LogP contribution in [0.1, 0.15) is 40.0 Å². The second-order valence-corrected chi connectivity index (χ2v) is 5.12. The van der Waals surface area contributed by atoms with Crippen LogP contribution in [0, 0.1) is 5.92 Å². The molecule has 3 heteroatoms. The molecule has 1 N–H and O–H groups in total. The van der Waals surface area contributed by atoms with E-state index in [1.54, 1.807) is 0 Å². The lowest BCUT2D eigenvalue weighted by Crippen LogP contribution is -2.51. The molecule has 17 heavy (non-hydrogen) atoms. The Morgan fingerprint density at radius 2 is 2.00 bits per heavy atom. The Balaban J connectivity index is 2.48. The average Bonchev–Trinajstić information content (AvgIpc) is 2.40. The first-order valence-corrected chi connectivity index (χ1v) is 7.26. The van der Waals surface area contributed by atoms with Crippen LogP contribution in [0.5, 0.6) is 0 Å². The summed E-state index contributed by atoms with van der Waals surface area (Å²) in [6.45, 7) is 11.0. The van der Waals surface area contributed by atoms with Gasteiger partial charge in [-0.3, -0.25) is 4.90 Å². The number of rotatable bonds is 7. The normalized spacial score (nSPS) is 24.2. The molecule has 1 aliphatic heterocycles. The predicted molar refractivity (Wildman–Crippen MR) is 73.4 cm³/mol. The van der Waals surface area contributed by atoms with Crippen molar-refractivity contribution in [1.29, 1.82) is 0 Å². The molecule has 1 fully saturated rings. The standard InChI is InChI=1S/C14H30N2O/c1-5-12(6-2)10-13(15-4)14-11-16(7-3)8-9-17-14/h12-15H,5-11H2,1-4H3. The number of ether oxygens (including phenoxy) is 1. The minimum absolute atomic E-state index is 0.370. The van der Waals surface area contributed by atoms with Gasteiger partial charge in [-0.15, -0.1) is 0 Å². The van der Waals surface area contributed by atoms with Crippen molar-refractivity contribution < 1.29 is 4.74 Å². The first-order valence-electron chi connectivity index (χ1n) is 7.26. The number of hydrogen-bond acceptors (Lipinski definition) is 3. The highest BCUT2D eigenvalue weighted by atomic mass is 16.5. The van der Waals surface area contributed by atoms with Crippen molar-refractivity contribution in [3.8, 4) is 0 Å². The molecular formula is C14H30N2O. The Bertz CT molecular complexity index is 195. The van der Waals surface area contributed by atoms with Gasteiger partial charge in [-0.1, -0.05) is 33.6 Å². The van der Waals surface area contributed by atoms with Gasteiger partial charge >= 0.3 is 0 Å². The quantitative estimate of drug-likeness (QED) is 0.740. The summed E-state index contributed by atoms with van der Waals surface area (Å²) in [6.07, 6.45) is 4.16. The highest BCUT2D eigenvalue weighted by Crippen LogP contribution is 2.19.